The molecule has 1 amide bonds. The van der Waals surface area contributed by atoms with Crippen LogP contribution >= 0.6 is 0 Å². The number of nitrogens with two attached hydrogens (primary N) is 1. The highest BCUT2D eigenvalue weighted by Gasteiger charge is 2.22. The fraction of sp³-hybridized carbons (Fsp3) is 0.273. The Labute approximate surface area is 103 Å². The van der Waals surface area contributed by atoms with Gasteiger partial charge in [-0.25, -0.2) is 9.18 Å². The third-order valence-corrected chi connectivity index (χ3v) is 2.23. The lowest BCUT2D eigenvalue weighted by atomic mass is 10.1. The molecule has 1 aromatic rings. The number of ether oxygens (including phenoxy) is 1. The van der Waals surface area contributed by atoms with E-state index in [0.29, 0.717) is 0 Å². The van der Waals surface area contributed by atoms with Crippen LogP contribution < -0.4 is 11.1 Å². The zero-order chi connectivity index (χ0) is 13.7. The molecule has 0 heterocycles. The Kier molecular flexibility index (Phi) is 4.61. The molecule has 18 heavy (non-hydrogen) atoms. The maximum atomic E-state index is 13.1. The van der Waals surface area contributed by atoms with E-state index in [4.69, 9.17) is 10.8 Å². The summed E-state index contributed by atoms with van der Waals surface area (Å²) < 4.78 is 17.8. The van der Waals surface area contributed by atoms with Gasteiger partial charge in [-0.15, -0.1) is 0 Å². The maximum absolute atomic E-state index is 13.1. The van der Waals surface area contributed by atoms with Gasteiger partial charge in [0.15, 0.2) is 6.04 Å². The summed E-state index contributed by atoms with van der Waals surface area (Å²) in [6.45, 7) is -0.198. The lowest BCUT2D eigenvalue weighted by molar-refractivity contribution is -0.140. The summed E-state index contributed by atoms with van der Waals surface area (Å²) >= 11 is 0. The first-order chi connectivity index (χ1) is 8.47. The minimum atomic E-state index is -1.25. The quantitative estimate of drug-likeness (QED) is 0.655. The van der Waals surface area contributed by atoms with Crippen molar-refractivity contribution in [3.63, 3.8) is 0 Å². The summed E-state index contributed by atoms with van der Waals surface area (Å²) in [5, 5.41) is 11.0. The average molecular weight is 256 g/mol. The zero-order valence-electron chi connectivity index (χ0n) is 9.64. The molecule has 0 aromatic heterocycles. The molecule has 6 nitrogen and oxygen atoms in total. The van der Waals surface area contributed by atoms with Crippen molar-refractivity contribution in [1.29, 1.82) is 0 Å². The number of anilines is 1. The molecule has 0 saturated carbocycles. The highest BCUT2D eigenvalue weighted by molar-refractivity contribution is 6.00. The number of carboxylic acid groups (broad SMARTS) is 1. The Hall–Kier alpha value is -2.15. The van der Waals surface area contributed by atoms with Crippen molar-refractivity contribution < 1.29 is 23.8 Å². The highest BCUT2D eigenvalue weighted by Crippen LogP contribution is 2.15. The predicted octanol–water partition coefficient (Wildman–Crippen LogP) is 0.237. The van der Waals surface area contributed by atoms with E-state index in [1.165, 1.54) is 19.2 Å². The normalized spacial score (nSPS) is 11.9. The van der Waals surface area contributed by atoms with Crippen LogP contribution in [0.2, 0.25) is 0 Å². The molecule has 0 aliphatic carbocycles. The molecule has 0 aliphatic rings. The second-order valence-electron chi connectivity index (χ2n) is 3.52. The van der Waals surface area contributed by atoms with Gasteiger partial charge >= 0.3 is 5.97 Å². The van der Waals surface area contributed by atoms with Crippen LogP contribution in [0, 0.1) is 5.82 Å². The Morgan fingerprint density at radius 3 is 2.78 bits per heavy atom. The summed E-state index contributed by atoms with van der Waals surface area (Å²) in [5.74, 6) is -2.75. The fourth-order valence-corrected chi connectivity index (χ4v) is 1.31. The van der Waals surface area contributed by atoms with Crippen LogP contribution in [-0.4, -0.2) is 36.7 Å². The molecule has 1 aromatic carbocycles. The molecule has 7 heteroatoms. The van der Waals surface area contributed by atoms with Gasteiger partial charge in [0.1, 0.15) is 5.82 Å². The third-order valence-electron chi connectivity index (χ3n) is 2.23. The number of aliphatic carboxylic acids is 1. The zero-order valence-corrected chi connectivity index (χ0v) is 9.64. The highest BCUT2D eigenvalue weighted by atomic mass is 19.1. The van der Waals surface area contributed by atoms with Gasteiger partial charge in [-0.3, -0.25) is 4.79 Å². The van der Waals surface area contributed by atoms with Crippen LogP contribution in [0.4, 0.5) is 10.1 Å². The molecule has 0 fully saturated rings. The van der Waals surface area contributed by atoms with E-state index in [1.54, 1.807) is 0 Å². The minimum absolute atomic E-state index is 0.114. The van der Waals surface area contributed by atoms with Gasteiger partial charge in [-0.05, 0) is 12.1 Å². The van der Waals surface area contributed by atoms with Crippen LogP contribution in [-0.2, 0) is 9.53 Å². The number of benzene rings is 1. The fourth-order valence-electron chi connectivity index (χ4n) is 1.31. The number of rotatable bonds is 5. The van der Waals surface area contributed by atoms with Crippen molar-refractivity contribution in [2.24, 2.45) is 0 Å². The molecule has 0 spiro atoms. The number of hydrogen-bond acceptors (Lipinski definition) is 4. The Bertz CT molecular complexity index is 464. The number of halogens is 1. The lowest BCUT2D eigenvalue weighted by Crippen LogP contribution is -2.44. The molecular weight excluding hydrogens is 243 g/mol. The Balaban J connectivity index is 2.87. The summed E-state index contributed by atoms with van der Waals surface area (Å²) in [5.41, 5.74) is 4.96. The van der Waals surface area contributed by atoms with Gasteiger partial charge in [-0.2, -0.15) is 0 Å². The number of methoxy groups -OCH3 is 1. The smallest absolute Gasteiger partial charge is 0.328 e. The first-order valence-electron chi connectivity index (χ1n) is 5.04. The van der Waals surface area contributed by atoms with E-state index >= 15 is 0 Å². The standard InChI is InChI=1S/C11H13FN2O4/c1-18-5-8(11(16)17)14-10(15)6-3-2-4-7(12)9(6)13/h2-4,8H,5,13H2,1H3,(H,14,15)(H,16,17). The minimum Gasteiger partial charge on any atom is -0.480 e. The first-order valence-corrected chi connectivity index (χ1v) is 5.04. The summed E-state index contributed by atoms with van der Waals surface area (Å²) in [7, 11) is 1.30. The molecule has 4 N–H and O–H groups in total. The van der Waals surface area contributed by atoms with Gasteiger partial charge in [0.05, 0.1) is 17.9 Å². The molecular formula is C11H13FN2O4. The Morgan fingerprint density at radius 1 is 1.56 bits per heavy atom. The number of para-hydroxylation sites is 1. The van der Waals surface area contributed by atoms with Crippen molar-refractivity contribution in [2.75, 3.05) is 19.5 Å². The number of nitrogen functional groups attached to an aromatic ring is 1. The van der Waals surface area contributed by atoms with Crippen molar-refractivity contribution in [1.82, 2.24) is 5.32 Å². The van der Waals surface area contributed by atoms with Crippen LogP contribution in [0.1, 0.15) is 10.4 Å². The number of carbonyl (C=O) groups excluding carboxylic acids is 1. The number of carboxylic acids is 1. The molecule has 0 radical (unpaired) electrons. The van der Waals surface area contributed by atoms with E-state index in [-0.39, 0.29) is 17.9 Å². The first kappa shape index (κ1) is 13.9. The largest absolute Gasteiger partial charge is 0.480 e. The van der Waals surface area contributed by atoms with Crippen LogP contribution in [0.15, 0.2) is 18.2 Å². The van der Waals surface area contributed by atoms with Gasteiger partial charge < -0.3 is 20.9 Å². The van der Waals surface area contributed by atoms with Crippen molar-refractivity contribution in [3.8, 4) is 0 Å². The Morgan fingerprint density at radius 2 is 2.22 bits per heavy atom. The summed E-state index contributed by atoms with van der Waals surface area (Å²) in [6.07, 6.45) is 0. The molecule has 1 rings (SSSR count). The van der Waals surface area contributed by atoms with Crippen molar-refractivity contribution >= 4 is 17.6 Å². The van der Waals surface area contributed by atoms with Crippen LogP contribution in [0.25, 0.3) is 0 Å². The van der Waals surface area contributed by atoms with Crippen molar-refractivity contribution in [2.45, 2.75) is 6.04 Å². The molecule has 0 saturated heterocycles. The molecule has 0 bridgehead atoms. The second-order valence-corrected chi connectivity index (χ2v) is 3.52. The predicted molar refractivity (Wildman–Crippen MR) is 61.6 cm³/mol. The topological polar surface area (TPSA) is 102 Å². The molecule has 1 unspecified atom stereocenters. The molecule has 0 aliphatic heterocycles. The third kappa shape index (κ3) is 3.17. The monoisotopic (exact) mass is 256 g/mol. The summed E-state index contributed by atoms with van der Waals surface area (Å²) in [4.78, 5) is 22.5. The van der Waals surface area contributed by atoms with E-state index < -0.39 is 23.7 Å². The number of carbonyl (C=O) groups is 2. The average Bonchev–Trinajstić information content (AvgIpc) is 2.31. The van der Waals surface area contributed by atoms with Gasteiger partial charge in [-0.1, -0.05) is 6.07 Å². The van der Waals surface area contributed by atoms with Gasteiger partial charge in [0.25, 0.3) is 5.91 Å². The lowest BCUT2D eigenvalue weighted by Gasteiger charge is -2.14. The van der Waals surface area contributed by atoms with E-state index in [0.717, 1.165) is 6.07 Å². The SMILES string of the molecule is COCC(NC(=O)c1cccc(F)c1N)C(=O)O. The number of hydrogen-bond donors (Lipinski definition) is 3. The number of amides is 1. The second kappa shape index (κ2) is 5.97. The van der Waals surface area contributed by atoms with Gasteiger partial charge in [0.2, 0.25) is 0 Å². The molecule has 1 atom stereocenters. The summed E-state index contributed by atoms with van der Waals surface area (Å²) in [6, 6.07) is 2.51. The van der Waals surface area contributed by atoms with Crippen LogP contribution in [0.3, 0.4) is 0 Å². The van der Waals surface area contributed by atoms with E-state index in [2.05, 4.69) is 10.1 Å². The van der Waals surface area contributed by atoms with E-state index in [9.17, 15) is 14.0 Å². The molecule has 98 valence electrons. The number of nitrogens with one attached hydrogen (secondary N) is 1. The van der Waals surface area contributed by atoms with Gasteiger partial charge in [0, 0.05) is 7.11 Å². The van der Waals surface area contributed by atoms with Crippen LogP contribution in [0.5, 0.6) is 0 Å². The van der Waals surface area contributed by atoms with E-state index in [1.807, 2.05) is 0 Å². The van der Waals surface area contributed by atoms with Crippen molar-refractivity contribution in [3.05, 3.63) is 29.6 Å². The maximum Gasteiger partial charge on any atom is 0.328 e.